The minimum atomic E-state index is -3.91. The second kappa shape index (κ2) is 9.45. The van der Waals surface area contributed by atoms with Crippen molar-refractivity contribution in [3.8, 4) is 0 Å². The molecule has 0 atom stereocenters. The maximum Gasteiger partial charge on any atom is 0.293 e. The number of amides is 1. The summed E-state index contributed by atoms with van der Waals surface area (Å²) in [6.07, 6.45) is 0. The molecule has 1 N–H and O–H groups in total. The van der Waals surface area contributed by atoms with Gasteiger partial charge in [-0.25, -0.2) is 8.42 Å². The van der Waals surface area contributed by atoms with Gasteiger partial charge in [0, 0.05) is 10.8 Å². The van der Waals surface area contributed by atoms with Crippen LogP contribution in [0.2, 0.25) is 5.02 Å². The number of sulfone groups is 1. The molecule has 0 aliphatic carbocycles. The van der Waals surface area contributed by atoms with Crippen molar-refractivity contribution in [1.82, 2.24) is 10.2 Å². The maximum absolute atomic E-state index is 12.7. The number of rotatable bonds is 7. The largest absolute Gasteiger partial charge is 0.439 e. The van der Waals surface area contributed by atoms with E-state index in [1.165, 1.54) is 65.1 Å². The number of aryl methyl sites for hydroxylation is 1. The number of thioether (sulfide) groups is 1. The Morgan fingerprint density at radius 3 is 2.50 bits per heavy atom. The Morgan fingerprint density at radius 2 is 1.78 bits per heavy atom. The van der Waals surface area contributed by atoms with Crippen LogP contribution in [0.3, 0.4) is 0 Å². The highest BCUT2D eigenvalue weighted by Crippen LogP contribution is 2.29. The third kappa shape index (κ3) is 5.21. The van der Waals surface area contributed by atoms with Gasteiger partial charge in [-0.15, -0.1) is 10.2 Å². The number of hydrogen-bond acceptors (Lipinski definition) is 8. The Morgan fingerprint density at radius 1 is 1.06 bits per heavy atom. The summed E-state index contributed by atoms with van der Waals surface area (Å²) in [5, 5.41) is 11.0. The van der Waals surface area contributed by atoms with E-state index < -0.39 is 15.7 Å². The van der Waals surface area contributed by atoms with E-state index >= 15 is 0 Å². The molecule has 0 spiro atoms. The molecular weight excluding hydrogens is 490 g/mol. The summed E-state index contributed by atoms with van der Waals surface area (Å²) >= 11 is 8.54. The molecule has 7 nitrogen and oxygen atoms in total. The number of anilines is 1. The summed E-state index contributed by atoms with van der Waals surface area (Å²) in [7, 11) is -3.91. The van der Waals surface area contributed by atoms with Crippen molar-refractivity contribution < 1.29 is 17.6 Å². The van der Waals surface area contributed by atoms with Crippen molar-refractivity contribution in [2.24, 2.45) is 0 Å². The molecule has 164 valence electrons. The first-order chi connectivity index (χ1) is 15.3. The van der Waals surface area contributed by atoms with Crippen LogP contribution in [-0.4, -0.2) is 24.5 Å². The van der Waals surface area contributed by atoms with E-state index in [2.05, 4.69) is 27.6 Å². The number of nitrogens with zero attached hydrogens (tertiary/aromatic N) is 2. The van der Waals surface area contributed by atoms with Crippen molar-refractivity contribution in [2.75, 3.05) is 5.32 Å². The summed E-state index contributed by atoms with van der Waals surface area (Å²) in [6.45, 7) is 2.03. The van der Waals surface area contributed by atoms with Crippen molar-refractivity contribution in [3.05, 3.63) is 82.6 Å². The van der Waals surface area contributed by atoms with Gasteiger partial charge in [0.15, 0.2) is 10.1 Å². The van der Waals surface area contributed by atoms with Crippen LogP contribution in [-0.2, 0) is 15.6 Å². The Balaban J connectivity index is 1.40. The van der Waals surface area contributed by atoms with E-state index in [9.17, 15) is 13.2 Å². The lowest BCUT2D eigenvalue weighted by molar-refractivity contribution is 0.0991. The fourth-order valence-electron chi connectivity index (χ4n) is 2.62. The smallest absolute Gasteiger partial charge is 0.293 e. The van der Waals surface area contributed by atoms with Gasteiger partial charge in [0.2, 0.25) is 20.1 Å². The highest BCUT2D eigenvalue weighted by atomic mass is 35.5. The Bertz CT molecular complexity index is 1350. The van der Waals surface area contributed by atoms with Gasteiger partial charge in [-0.2, -0.15) is 0 Å². The fraction of sp³-hybridized carbons (Fsp3) is 0.0952. The molecule has 0 unspecified atom stereocenters. The molecule has 2 heterocycles. The molecule has 4 aromatic rings. The third-order valence-electron chi connectivity index (χ3n) is 4.30. The molecule has 1 amide bonds. The number of aromatic nitrogens is 2. The molecule has 32 heavy (non-hydrogen) atoms. The van der Waals surface area contributed by atoms with Gasteiger partial charge in [-0.05, 0) is 48.9 Å². The number of carbonyl (C=O) groups excluding carboxylic acids is 1. The molecule has 0 bridgehead atoms. The summed E-state index contributed by atoms with van der Waals surface area (Å²) < 4.78 is 31.3. The van der Waals surface area contributed by atoms with Crippen LogP contribution >= 0.6 is 34.7 Å². The number of hydrogen-bond donors (Lipinski definition) is 1. The van der Waals surface area contributed by atoms with Crippen molar-refractivity contribution in [1.29, 1.82) is 0 Å². The first-order valence-corrected chi connectivity index (χ1v) is 12.9. The average Bonchev–Trinajstić information content (AvgIpc) is 3.44. The summed E-state index contributed by atoms with van der Waals surface area (Å²) in [4.78, 5) is 12.5. The normalized spacial score (nSPS) is 11.4. The molecule has 0 aliphatic rings. The molecule has 0 saturated carbocycles. The zero-order valence-electron chi connectivity index (χ0n) is 16.6. The molecule has 0 aliphatic heterocycles. The highest BCUT2D eigenvalue weighted by Gasteiger charge is 2.24. The van der Waals surface area contributed by atoms with Crippen LogP contribution in [0.5, 0.6) is 0 Å². The second-order valence-electron chi connectivity index (χ2n) is 6.68. The van der Waals surface area contributed by atoms with Crippen molar-refractivity contribution >= 4 is 55.6 Å². The topological polar surface area (TPSA) is 102 Å². The predicted octanol–water partition coefficient (Wildman–Crippen LogP) is 5.47. The molecule has 4 rings (SSSR count). The Kier molecular flexibility index (Phi) is 6.66. The van der Waals surface area contributed by atoms with Gasteiger partial charge in [0.25, 0.3) is 5.91 Å². The quantitative estimate of drug-likeness (QED) is 0.262. The van der Waals surface area contributed by atoms with Crippen LogP contribution < -0.4 is 5.32 Å². The van der Waals surface area contributed by atoms with E-state index in [-0.39, 0.29) is 15.7 Å². The lowest BCUT2D eigenvalue weighted by Crippen LogP contribution is -2.10. The summed E-state index contributed by atoms with van der Waals surface area (Å²) in [5.41, 5.74) is 2.35. The number of nitrogens with one attached hydrogen (secondary N) is 1. The van der Waals surface area contributed by atoms with Crippen LogP contribution in [0.4, 0.5) is 5.13 Å². The van der Waals surface area contributed by atoms with E-state index in [0.29, 0.717) is 14.5 Å². The van der Waals surface area contributed by atoms with Gasteiger partial charge in [0.05, 0.1) is 4.90 Å². The van der Waals surface area contributed by atoms with Gasteiger partial charge in [-0.3, -0.25) is 10.1 Å². The van der Waals surface area contributed by atoms with E-state index in [0.717, 1.165) is 11.3 Å². The number of halogens is 1. The molecule has 0 fully saturated rings. The number of furan rings is 1. The van der Waals surface area contributed by atoms with Gasteiger partial charge < -0.3 is 4.42 Å². The zero-order chi connectivity index (χ0) is 22.7. The van der Waals surface area contributed by atoms with E-state index in [1.54, 1.807) is 0 Å². The second-order valence-corrected chi connectivity index (χ2v) is 11.2. The Hall–Kier alpha value is -2.66. The van der Waals surface area contributed by atoms with E-state index in [4.69, 9.17) is 16.0 Å². The minimum Gasteiger partial charge on any atom is -0.439 e. The first-order valence-electron chi connectivity index (χ1n) is 9.25. The Labute approximate surface area is 197 Å². The average molecular weight is 506 g/mol. The first kappa shape index (κ1) is 22.5. The third-order valence-corrected chi connectivity index (χ3v) is 8.24. The van der Waals surface area contributed by atoms with Crippen LogP contribution in [0, 0.1) is 6.92 Å². The maximum atomic E-state index is 12.7. The van der Waals surface area contributed by atoms with Gasteiger partial charge in [0.1, 0.15) is 0 Å². The lowest BCUT2D eigenvalue weighted by atomic mass is 10.2. The zero-order valence-corrected chi connectivity index (χ0v) is 19.8. The molecule has 0 radical (unpaired) electrons. The monoisotopic (exact) mass is 505 g/mol. The van der Waals surface area contributed by atoms with Crippen LogP contribution in [0.25, 0.3) is 0 Å². The highest BCUT2D eigenvalue weighted by molar-refractivity contribution is 8.00. The van der Waals surface area contributed by atoms with Crippen molar-refractivity contribution in [3.63, 3.8) is 0 Å². The molecule has 2 aromatic heterocycles. The molecule has 11 heteroatoms. The van der Waals surface area contributed by atoms with E-state index in [1.807, 2.05) is 19.1 Å². The van der Waals surface area contributed by atoms with Gasteiger partial charge >= 0.3 is 0 Å². The lowest BCUT2D eigenvalue weighted by Gasteiger charge is -2.01. The molecule has 0 saturated heterocycles. The minimum absolute atomic E-state index is 0.0163. The fourth-order valence-corrected chi connectivity index (χ4v) is 5.63. The number of carbonyl (C=O) groups is 1. The van der Waals surface area contributed by atoms with Gasteiger partial charge in [-0.1, -0.05) is 64.5 Å². The predicted molar refractivity (Wildman–Crippen MR) is 124 cm³/mol. The molecular formula is C21H16ClN3O4S3. The molecule has 2 aromatic carbocycles. The summed E-state index contributed by atoms with van der Waals surface area (Å²) in [6, 6.07) is 16.4. The number of benzene rings is 2. The SMILES string of the molecule is Cc1ccc(CSc2nnc(NC(=O)c3ccc(S(=O)(=O)c4ccc(Cl)cc4)o3)s2)cc1. The van der Waals surface area contributed by atoms with Crippen LogP contribution in [0.15, 0.2) is 79.4 Å². The van der Waals surface area contributed by atoms with Crippen LogP contribution in [0.1, 0.15) is 21.7 Å². The standard InChI is InChI=1S/C21H16ClN3O4S3/c1-13-2-4-14(5-3-13)12-30-21-25-24-20(31-21)23-19(26)17-10-11-18(29-17)32(27,28)16-8-6-15(22)7-9-16/h2-11H,12H2,1H3,(H,23,24,26). The van der Waals surface area contributed by atoms with Crippen molar-refractivity contribution in [2.45, 2.75) is 27.0 Å². The summed E-state index contributed by atoms with van der Waals surface area (Å²) in [5.74, 6) is -0.0390.